The first-order chi connectivity index (χ1) is 6.24. The van der Waals surface area contributed by atoms with Crippen LogP contribution in [0.1, 0.15) is 19.7 Å². The van der Waals surface area contributed by atoms with Gasteiger partial charge in [0.15, 0.2) is 0 Å². The molecule has 0 bridgehead atoms. The minimum atomic E-state index is 0.620. The number of hydrogen-bond donors (Lipinski definition) is 1. The van der Waals surface area contributed by atoms with Crippen LogP contribution in [-0.2, 0) is 13.0 Å². The van der Waals surface area contributed by atoms with Gasteiger partial charge in [-0.3, -0.25) is 0 Å². The fraction of sp³-hybridized carbons (Fsp3) is 0.778. The van der Waals surface area contributed by atoms with Gasteiger partial charge in [-0.15, -0.1) is 0 Å². The Morgan fingerprint density at radius 3 is 2.92 bits per heavy atom. The lowest BCUT2D eigenvalue weighted by Gasteiger charge is -2.07. The fourth-order valence-corrected chi connectivity index (χ4v) is 1.22. The summed E-state index contributed by atoms with van der Waals surface area (Å²) in [6.07, 6.45) is 2.58. The summed E-state index contributed by atoms with van der Waals surface area (Å²) in [5, 5.41) is 7.29. The summed E-state index contributed by atoms with van der Waals surface area (Å²) in [5.74, 6) is 1.69. The molecule has 1 N–H and O–H groups in total. The maximum atomic E-state index is 4.22. The molecule has 0 atom stereocenters. The Morgan fingerprint density at radius 1 is 1.54 bits per heavy atom. The van der Waals surface area contributed by atoms with Crippen molar-refractivity contribution in [3.05, 3.63) is 12.2 Å². The fourth-order valence-electron chi connectivity index (χ4n) is 1.22. The standard InChI is InChI=1S/C9H18N4/c1-8(2)6-13-9(4-5-10-3)11-7-12-13/h7-8,10H,4-6H2,1-3H3. The van der Waals surface area contributed by atoms with Gasteiger partial charge in [0.25, 0.3) is 0 Å². The van der Waals surface area contributed by atoms with Crippen molar-refractivity contribution in [1.29, 1.82) is 0 Å². The molecule has 74 valence electrons. The first-order valence-electron chi connectivity index (χ1n) is 4.75. The van der Waals surface area contributed by atoms with E-state index in [4.69, 9.17) is 0 Å². The van der Waals surface area contributed by atoms with Crippen LogP contribution in [0.15, 0.2) is 6.33 Å². The van der Waals surface area contributed by atoms with Gasteiger partial charge in [-0.05, 0) is 13.0 Å². The van der Waals surface area contributed by atoms with E-state index in [9.17, 15) is 0 Å². The molecule has 1 heterocycles. The molecule has 1 rings (SSSR count). The number of hydrogen-bond acceptors (Lipinski definition) is 3. The van der Waals surface area contributed by atoms with Crippen LogP contribution >= 0.6 is 0 Å². The molecule has 0 aromatic carbocycles. The van der Waals surface area contributed by atoms with Crippen LogP contribution in [0.4, 0.5) is 0 Å². The molecule has 0 aliphatic rings. The van der Waals surface area contributed by atoms with Gasteiger partial charge >= 0.3 is 0 Å². The topological polar surface area (TPSA) is 42.7 Å². The quantitative estimate of drug-likeness (QED) is 0.728. The van der Waals surface area contributed by atoms with Crippen LogP contribution < -0.4 is 5.32 Å². The van der Waals surface area contributed by atoms with E-state index in [0.29, 0.717) is 5.92 Å². The molecule has 4 heteroatoms. The van der Waals surface area contributed by atoms with E-state index in [2.05, 4.69) is 29.2 Å². The van der Waals surface area contributed by atoms with Crippen molar-refractivity contribution >= 4 is 0 Å². The zero-order valence-electron chi connectivity index (χ0n) is 8.62. The highest BCUT2D eigenvalue weighted by atomic mass is 15.3. The lowest BCUT2D eigenvalue weighted by molar-refractivity contribution is 0.464. The highest BCUT2D eigenvalue weighted by Crippen LogP contribution is 2.01. The van der Waals surface area contributed by atoms with E-state index in [1.807, 2.05) is 11.7 Å². The molecule has 0 fully saturated rings. The Morgan fingerprint density at radius 2 is 2.31 bits per heavy atom. The molecule has 0 spiro atoms. The SMILES string of the molecule is CNCCc1ncnn1CC(C)C. The summed E-state index contributed by atoms with van der Waals surface area (Å²) in [7, 11) is 1.95. The van der Waals surface area contributed by atoms with Crippen LogP contribution in [0.25, 0.3) is 0 Å². The molecule has 0 saturated heterocycles. The zero-order valence-corrected chi connectivity index (χ0v) is 8.62. The number of likely N-dealkylation sites (N-methyl/N-ethyl adjacent to an activating group) is 1. The van der Waals surface area contributed by atoms with Crippen molar-refractivity contribution in [1.82, 2.24) is 20.1 Å². The molecule has 0 aliphatic carbocycles. The van der Waals surface area contributed by atoms with Crippen molar-refractivity contribution in [3.63, 3.8) is 0 Å². The van der Waals surface area contributed by atoms with E-state index < -0.39 is 0 Å². The van der Waals surface area contributed by atoms with Gasteiger partial charge in [0, 0.05) is 19.5 Å². The Hall–Kier alpha value is -0.900. The van der Waals surface area contributed by atoms with Crippen molar-refractivity contribution in [2.24, 2.45) is 5.92 Å². The second-order valence-corrected chi connectivity index (χ2v) is 3.61. The molecule has 1 aromatic heterocycles. The summed E-state index contributed by atoms with van der Waals surface area (Å²) in [6, 6.07) is 0. The molecular weight excluding hydrogens is 164 g/mol. The molecular formula is C9H18N4. The third-order valence-corrected chi connectivity index (χ3v) is 1.83. The molecule has 0 amide bonds. The van der Waals surface area contributed by atoms with Gasteiger partial charge in [-0.2, -0.15) is 5.10 Å². The minimum Gasteiger partial charge on any atom is -0.319 e. The molecule has 13 heavy (non-hydrogen) atoms. The average Bonchev–Trinajstić information content (AvgIpc) is 2.48. The van der Waals surface area contributed by atoms with Gasteiger partial charge in [-0.25, -0.2) is 9.67 Å². The molecule has 0 radical (unpaired) electrons. The summed E-state index contributed by atoms with van der Waals surface area (Å²) >= 11 is 0. The smallest absolute Gasteiger partial charge is 0.138 e. The normalized spacial score (nSPS) is 11.1. The molecule has 4 nitrogen and oxygen atoms in total. The number of rotatable bonds is 5. The van der Waals surface area contributed by atoms with E-state index in [0.717, 1.165) is 25.3 Å². The van der Waals surface area contributed by atoms with E-state index in [1.165, 1.54) is 0 Å². The van der Waals surface area contributed by atoms with Crippen LogP contribution in [0.3, 0.4) is 0 Å². The Kier molecular flexibility index (Phi) is 3.89. The van der Waals surface area contributed by atoms with Gasteiger partial charge in [0.2, 0.25) is 0 Å². The largest absolute Gasteiger partial charge is 0.319 e. The van der Waals surface area contributed by atoms with Crippen LogP contribution in [-0.4, -0.2) is 28.4 Å². The maximum Gasteiger partial charge on any atom is 0.138 e. The monoisotopic (exact) mass is 182 g/mol. The highest BCUT2D eigenvalue weighted by Gasteiger charge is 2.04. The van der Waals surface area contributed by atoms with Crippen molar-refractivity contribution in [2.75, 3.05) is 13.6 Å². The summed E-state index contributed by atoms with van der Waals surface area (Å²) in [5.41, 5.74) is 0. The summed E-state index contributed by atoms with van der Waals surface area (Å²) < 4.78 is 1.99. The third kappa shape index (κ3) is 3.14. The second kappa shape index (κ2) is 4.97. The molecule has 0 unspecified atom stereocenters. The van der Waals surface area contributed by atoms with Crippen LogP contribution in [0, 0.1) is 5.92 Å². The number of aromatic nitrogens is 3. The number of nitrogens with zero attached hydrogens (tertiary/aromatic N) is 3. The summed E-state index contributed by atoms with van der Waals surface area (Å²) in [4.78, 5) is 4.22. The predicted molar refractivity (Wildman–Crippen MR) is 52.5 cm³/mol. The van der Waals surface area contributed by atoms with E-state index >= 15 is 0 Å². The second-order valence-electron chi connectivity index (χ2n) is 3.61. The van der Waals surface area contributed by atoms with E-state index in [-0.39, 0.29) is 0 Å². The van der Waals surface area contributed by atoms with Gasteiger partial charge in [0.05, 0.1) is 0 Å². The molecule has 1 aromatic rings. The first-order valence-corrected chi connectivity index (χ1v) is 4.75. The Labute approximate surface area is 79.4 Å². The van der Waals surface area contributed by atoms with Crippen LogP contribution in [0.2, 0.25) is 0 Å². The van der Waals surface area contributed by atoms with Gasteiger partial charge in [0.1, 0.15) is 12.2 Å². The first kappa shape index (κ1) is 10.2. The lowest BCUT2D eigenvalue weighted by atomic mass is 10.2. The molecule has 0 aliphatic heterocycles. The lowest BCUT2D eigenvalue weighted by Crippen LogP contribution is -2.16. The minimum absolute atomic E-state index is 0.620. The summed E-state index contributed by atoms with van der Waals surface area (Å²) in [6.45, 7) is 6.28. The predicted octanol–water partition coefficient (Wildman–Crippen LogP) is 0.696. The van der Waals surface area contributed by atoms with Crippen LogP contribution in [0.5, 0.6) is 0 Å². The third-order valence-electron chi connectivity index (χ3n) is 1.83. The van der Waals surface area contributed by atoms with Crippen molar-refractivity contribution in [2.45, 2.75) is 26.8 Å². The molecule has 0 saturated carbocycles. The Balaban J connectivity index is 2.55. The van der Waals surface area contributed by atoms with Gasteiger partial charge < -0.3 is 5.32 Å². The zero-order chi connectivity index (χ0) is 9.68. The van der Waals surface area contributed by atoms with Crippen molar-refractivity contribution < 1.29 is 0 Å². The van der Waals surface area contributed by atoms with Crippen molar-refractivity contribution in [3.8, 4) is 0 Å². The average molecular weight is 182 g/mol. The van der Waals surface area contributed by atoms with Gasteiger partial charge in [-0.1, -0.05) is 13.8 Å². The number of nitrogens with one attached hydrogen (secondary N) is 1. The Bertz CT molecular complexity index is 242. The van der Waals surface area contributed by atoms with E-state index in [1.54, 1.807) is 6.33 Å². The highest BCUT2D eigenvalue weighted by molar-refractivity contribution is 4.85. The maximum absolute atomic E-state index is 4.22.